The molecule has 1 unspecified atom stereocenters. The van der Waals surface area contributed by atoms with E-state index in [2.05, 4.69) is 11.4 Å². The number of aromatic nitrogens is 1. The van der Waals surface area contributed by atoms with E-state index in [1.54, 1.807) is 19.1 Å². The maximum atomic E-state index is 14.0. The summed E-state index contributed by atoms with van der Waals surface area (Å²) in [6.45, 7) is 2.09. The molecular weight excluding hydrogens is 412 g/mol. The third-order valence-electron chi connectivity index (χ3n) is 3.99. The Labute approximate surface area is 145 Å². The van der Waals surface area contributed by atoms with E-state index in [9.17, 15) is 14.0 Å². The molecule has 1 aliphatic heterocycles. The van der Waals surface area contributed by atoms with Crippen LogP contribution in [0.15, 0.2) is 23.0 Å². The van der Waals surface area contributed by atoms with E-state index in [1.165, 1.54) is 10.6 Å². The van der Waals surface area contributed by atoms with Gasteiger partial charge in [0, 0.05) is 27.4 Å². The van der Waals surface area contributed by atoms with E-state index in [4.69, 9.17) is 5.73 Å². The van der Waals surface area contributed by atoms with Gasteiger partial charge >= 0.3 is 0 Å². The van der Waals surface area contributed by atoms with Gasteiger partial charge in [0.25, 0.3) is 5.56 Å². The van der Waals surface area contributed by atoms with Crippen LogP contribution >= 0.6 is 22.6 Å². The largest absolute Gasteiger partial charge is 0.369 e. The van der Waals surface area contributed by atoms with Crippen molar-refractivity contribution in [2.75, 3.05) is 5.32 Å². The minimum atomic E-state index is -0.537. The van der Waals surface area contributed by atoms with Gasteiger partial charge in [-0.1, -0.05) is 0 Å². The number of rotatable bonds is 3. The molecule has 1 aromatic carbocycles. The molecule has 0 bridgehead atoms. The lowest BCUT2D eigenvalue weighted by atomic mass is 10.0. The normalized spacial score (nSPS) is 16.2. The molecule has 2 aromatic rings. The Morgan fingerprint density at radius 2 is 2.26 bits per heavy atom. The van der Waals surface area contributed by atoms with Crippen molar-refractivity contribution >= 4 is 39.9 Å². The summed E-state index contributed by atoms with van der Waals surface area (Å²) in [7, 11) is 0. The number of carbonyl (C=O) groups excluding carboxylic acids is 1. The van der Waals surface area contributed by atoms with Crippen LogP contribution in [0.2, 0.25) is 0 Å². The summed E-state index contributed by atoms with van der Waals surface area (Å²) in [5.74, 6) is -1.44. The predicted octanol–water partition coefficient (Wildman–Crippen LogP) is 2.42. The fourth-order valence-electron chi connectivity index (χ4n) is 2.73. The van der Waals surface area contributed by atoms with Crippen molar-refractivity contribution < 1.29 is 9.18 Å². The number of benzene rings is 1. The molecule has 0 aliphatic carbocycles. The third kappa shape index (κ3) is 2.85. The molecule has 0 fully saturated rings. The van der Waals surface area contributed by atoms with Gasteiger partial charge in [0.05, 0.1) is 17.3 Å². The number of nitrogens with two attached hydrogens (primary N) is 1. The fraction of sp³-hybridized carbons (Fsp3) is 0.250. The third-order valence-corrected chi connectivity index (χ3v) is 4.66. The zero-order valence-corrected chi connectivity index (χ0v) is 14.5. The van der Waals surface area contributed by atoms with E-state index >= 15 is 0 Å². The van der Waals surface area contributed by atoms with E-state index < -0.39 is 17.6 Å². The van der Waals surface area contributed by atoms with Crippen LogP contribution in [0.4, 0.5) is 15.8 Å². The minimum Gasteiger partial charge on any atom is -0.369 e. The van der Waals surface area contributed by atoms with Gasteiger partial charge in [0.2, 0.25) is 5.91 Å². The van der Waals surface area contributed by atoms with Crippen LogP contribution in [-0.4, -0.2) is 10.5 Å². The molecule has 0 saturated heterocycles. The smallest absolute Gasteiger partial charge is 0.255 e. The summed E-state index contributed by atoms with van der Waals surface area (Å²) in [6, 6.07) is 7.79. The van der Waals surface area contributed by atoms with Crippen molar-refractivity contribution in [2.45, 2.75) is 25.8 Å². The van der Waals surface area contributed by atoms with Gasteiger partial charge in [-0.25, -0.2) is 4.39 Å². The van der Waals surface area contributed by atoms with Crippen molar-refractivity contribution in [3.05, 3.63) is 55.3 Å². The van der Waals surface area contributed by atoms with Gasteiger partial charge in [0.15, 0.2) is 0 Å². The molecule has 1 radical (unpaired) electrons. The summed E-state index contributed by atoms with van der Waals surface area (Å²) in [6.07, 6.45) is 0.488. The monoisotopic (exact) mass is 426 g/mol. The zero-order valence-electron chi connectivity index (χ0n) is 12.3. The van der Waals surface area contributed by atoms with E-state index in [0.717, 1.165) is 3.57 Å². The van der Waals surface area contributed by atoms with Crippen molar-refractivity contribution in [1.29, 1.82) is 0 Å². The van der Waals surface area contributed by atoms with Crippen LogP contribution in [0, 0.1) is 22.4 Å². The van der Waals surface area contributed by atoms with Crippen molar-refractivity contribution in [3.63, 3.8) is 0 Å². The number of amides is 1. The Morgan fingerprint density at radius 3 is 2.91 bits per heavy atom. The zero-order chi connectivity index (χ0) is 16.7. The second-order valence-electron chi connectivity index (χ2n) is 5.46. The minimum absolute atomic E-state index is 0.212. The molecule has 7 heteroatoms. The van der Waals surface area contributed by atoms with Crippen molar-refractivity contribution in [1.82, 2.24) is 4.57 Å². The predicted molar refractivity (Wildman–Crippen MR) is 93.2 cm³/mol. The number of hydrogen-bond donors (Lipinski definition) is 2. The Kier molecular flexibility index (Phi) is 4.13. The van der Waals surface area contributed by atoms with Gasteiger partial charge in [-0.3, -0.25) is 9.59 Å². The van der Waals surface area contributed by atoms with Gasteiger partial charge in [-0.2, -0.15) is 0 Å². The highest BCUT2D eigenvalue weighted by Crippen LogP contribution is 2.30. The van der Waals surface area contributed by atoms with Crippen LogP contribution in [0.1, 0.15) is 23.6 Å². The Balaban J connectivity index is 2.07. The number of nitrogens with zero attached hydrogens (tertiary/aromatic N) is 1. The highest BCUT2D eigenvalue weighted by Gasteiger charge is 2.29. The molecule has 3 rings (SSSR count). The molecule has 2 heterocycles. The Morgan fingerprint density at radius 1 is 1.52 bits per heavy atom. The van der Waals surface area contributed by atoms with E-state index in [0.29, 0.717) is 29.9 Å². The summed E-state index contributed by atoms with van der Waals surface area (Å²) in [4.78, 5) is 24.0. The van der Waals surface area contributed by atoms with Crippen LogP contribution < -0.4 is 16.6 Å². The van der Waals surface area contributed by atoms with E-state index in [-0.39, 0.29) is 11.2 Å². The van der Waals surface area contributed by atoms with Crippen LogP contribution in [0.5, 0.6) is 0 Å². The van der Waals surface area contributed by atoms with E-state index in [1.807, 2.05) is 22.6 Å². The number of carbonyl (C=O) groups is 1. The number of hydrogen-bond acceptors (Lipinski definition) is 3. The SMILES string of the molecule is Cc1c(Nc2ccc(I)cc2F)[c]c2n(c1=O)CCC2C(N)=O. The summed E-state index contributed by atoms with van der Waals surface area (Å²) >= 11 is 2.02. The summed E-state index contributed by atoms with van der Waals surface area (Å²) < 4.78 is 16.3. The second kappa shape index (κ2) is 5.95. The number of nitrogens with one attached hydrogen (secondary N) is 1. The molecule has 23 heavy (non-hydrogen) atoms. The van der Waals surface area contributed by atoms with Crippen LogP contribution in [0.25, 0.3) is 0 Å². The Hall–Kier alpha value is -1.90. The number of pyridine rings is 1. The molecule has 0 saturated carbocycles. The second-order valence-corrected chi connectivity index (χ2v) is 6.71. The maximum Gasteiger partial charge on any atom is 0.255 e. The maximum absolute atomic E-state index is 14.0. The topological polar surface area (TPSA) is 77.1 Å². The van der Waals surface area contributed by atoms with Gasteiger partial charge in [-0.05, 0) is 54.1 Å². The Bertz CT molecular complexity index is 863. The van der Waals surface area contributed by atoms with Crippen LogP contribution in [-0.2, 0) is 11.3 Å². The number of anilines is 2. The summed E-state index contributed by atoms with van der Waals surface area (Å²) in [5, 5.41) is 2.90. The lowest BCUT2D eigenvalue weighted by molar-refractivity contribution is -0.119. The van der Waals surface area contributed by atoms with Gasteiger partial charge in [-0.15, -0.1) is 0 Å². The fourth-order valence-corrected chi connectivity index (χ4v) is 3.18. The van der Waals surface area contributed by atoms with Crippen molar-refractivity contribution in [2.24, 2.45) is 5.73 Å². The molecule has 1 aromatic heterocycles. The average molecular weight is 426 g/mol. The highest BCUT2D eigenvalue weighted by molar-refractivity contribution is 14.1. The molecule has 5 nitrogen and oxygen atoms in total. The molecule has 119 valence electrons. The first-order chi connectivity index (χ1) is 10.9. The average Bonchev–Trinajstić information content (AvgIpc) is 2.91. The van der Waals surface area contributed by atoms with Crippen molar-refractivity contribution in [3.8, 4) is 0 Å². The number of primary amides is 1. The molecule has 3 N–H and O–H groups in total. The van der Waals surface area contributed by atoms with Gasteiger partial charge < -0.3 is 15.6 Å². The first-order valence-electron chi connectivity index (χ1n) is 7.06. The molecular formula is C16H14FIN3O2. The lowest BCUT2D eigenvalue weighted by Crippen LogP contribution is -2.25. The molecule has 0 spiro atoms. The lowest BCUT2D eigenvalue weighted by Gasteiger charge is -2.14. The standard InChI is InChI=1S/C16H14FIN3O2/c1-8-13(20-12-3-2-9(18)6-11(12)17)7-14-10(15(19)22)4-5-21(14)16(8)23/h2-3,6,10,20H,4-5H2,1H3,(H2,19,22). The first kappa shape index (κ1) is 16.0. The highest BCUT2D eigenvalue weighted by atomic mass is 127. The molecule has 1 amide bonds. The molecule has 1 atom stereocenters. The quantitative estimate of drug-likeness (QED) is 0.741. The molecule has 1 aliphatic rings. The number of fused-ring (bicyclic) bond motifs is 1. The summed E-state index contributed by atoms with van der Waals surface area (Å²) in [5.41, 5.74) is 6.69. The van der Waals surface area contributed by atoms with Crippen LogP contribution in [0.3, 0.4) is 0 Å². The van der Waals surface area contributed by atoms with Gasteiger partial charge in [0.1, 0.15) is 5.82 Å². The number of halogens is 2. The first-order valence-corrected chi connectivity index (χ1v) is 8.14.